The van der Waals surface area contributed by atoms with E-state index in [-0.39, 0.29) is 0 Å². The number of aromatic nitrogens is 1. The van der Waals surface area contributed by atoms with E-state index in [1.165, 1.54) is 0 Å². The monoisotopic (exact) mass is 407 g/mol. The molecule has 0 fully saturated rings. The molecule has 0 saturated carbocycles. The van der Waals surface area contributed by atoms with E-state index in [9.17, 15) is 0 Å². The molecule has 0 aliphatic heterocycles. The molecule has 0 aliphatic rings. The highest BCUT2D eigenvalue weighted by Crippen LogP contribution is 2.02. The minimum Gasteiger partial charge on any atom is -0.348 e. The summed E-state index contributed by atoms with van der Waals surface area (Å²) in [7, 11) is 0. The Kier molecular flexibility index (Phi) is 10.4. The molecule has 2 N–H and O–H groups in total. The smallest absolute Gasteiger partial charge is 0.189 e. The Morgan fingerprint density at radius 1 is 0.889 bits per heavy atom. The molecule has 1 aromatic heterocycles. The van der Waals surface area contributed by atoms with Crippen LogP contribution in [0, 0.1) is 0 Å². The lowest BCUT2D eigenvalue weighted by molar-refractivity contribution is 0.457. The van der Waals surface area contributed by atoms with Crippen LogP contribution in [-0.2, 0) is 0 Å². The van der Waals surface area contributed by atoms with Gasteiger partial charge in [-0.25, -0.2) is 0 Å². The lowest BCUT2D eigenvalue weighted by Gasteiger charge is -2.21. The Morgan fingerprint density at radius 3 is 1.78 bits per heavy atom. The van der Waals surface area contributed by atoms with Gasteiger partial charge in [0.05, 0.1) is 5.71 Å². The largest absolute Gasteiger partial charge is 0.348 e. The van der Waals surface area contributed by atoms with Crippen molar-refractivity contribution in [3.05, 3.63) is 30.1 Å². The molecular formula is C18H29N7S2. The fourth-order valence-corrected chi connectivity index (χ4v) is 2.92. The zero-order chi connectivity index (χ0) is 20.2. The van der Waals surface area contributed by atoms with Crippen molar-refractivity contribution in [2.24, 2.45) is 10.2 Å². The summed E-state index contributed by atoms with van der Waals surface area (Å²) >= 11 is 10.8. The van der Waals surface area contributed by atoms with Gasteiger partial charge in [-0.2, -0.15) is 10.2 Å². The van der Waals surface area contributed by atoms with Crippen molar-refractivity contribution < 1.29 is 0 Å². The third-order valence-corrected chi connectivity index (χ3v) is 4.68. The minimum absolute atomic E-state index is 0.575. The highest BCUT2D eigenvalue weighted by Gasteiger charge is 2.11. The summed E-state index contributed by atoms with van der Waals surface area (Å²) in [4.78, 5) is 8.10. The van der Waals surface area contributed by atoms with Crippen LogP contribution < -0.4 is 10.9 Å². The van der Waals surface area contributed by atoms with Gasteiger partial charge in [0.25, 0.3) is 0 Å². The van der Waals surface area contributed by atoms with Crippen molar-refractivity contribution in [2.75, 3.05) is 26.2 Å². The number of hydrazone groups is 2. The zero-order valence-corrected chi connectivity index (χ0v) is 18.3. The third kappa shape index (κ3) is 7.18. The van der Waals surface area contributed by atoms with E-state index in [0.29, 0.717) is 21.6 Å². The van der Waals surface area contributed by atoms with Gasteiger partial charge in [-0.15, -0.1) is 0 Å². The normalized spacial score (nSPS) is 11.7. The van der Waals surface area contributed by atoms with E-state index >= 15 is 0 Å². The molecular weight excluding hydrogens is 378 g/mol. The van der Waals surface area contributed by atoms with Gasteiger partial charge >= 0.3 is 0 Å². The van der Waals surface area contributed by atoms with Gasteiger partial charge < -0.3 is 9.80 Å². The van der Waals surface area contributed by atoms with Gasteiger partial charge in [-0.05, 0) is 71.2 Å². The molecule has 1 aromatic rings. The van der Waals surface area contributed by atoms with E-state index in [2.05, 4.69) is 53.7 Å². The minimum atomic E-state index is 0.575. The molecule has 1 heterocycles. The maximum Gasteiger partial charge on any atom is 0.189 e. The van der Waals surface area contributed by atoms with E-state index in [1.54, 1.807) is 12.4 Å². The second kappa shape index (κ2) is 12.3. The number of rotatable bonds is 8. The molecule has 0 amide bonds. The standard InChI is InChI=1S/C18H29N7S2/c1-6-24(7-2)17(26)22-20-14(5)16(15-10-12-19-13-11-15)21-23-18(27)25(8-3)9-4/h10-13H,6-9H2,1-5H3,(H,22,26)(H,23,27). The predicted octanol–water partition coefficient (Wildman–Crippen LogP) is 2.59. The van der Waals surface area contributed by atoms with Gasteiger partial charge in [0, 0.05) is 44.1 Å². The number of nitrogens with zero attached hydrogens (tertiary/aromatic N) is 5. The summed E-state index contributed by atoms with van der Waals surface area (Å²) in [5.74, 6) is 0. The second-order valence-corrected chi connectivity index (χ2v) is 6.35. The Morgan fingerprint density at radius 2 is 1.33 bits per heavy atom. The second-order valence-electron chi connectivity index (χ2n) is 5.57. The van der Waals surface area contributed by atoms with Crippen molar-refractivity contribution in [3.63, 3.8) is 0 Å². The van der Waals surface area contributed by atoms with Crippen LogP contribution >= 0.6 is 24.4 Å². The van der Waals surface area contributed by atoms with Crippen molar-refractivity contribution >= 4 is 46.1 Å². The van der Waals surface area contributed by atoms with Gasteiger partial charge in [-0.3, -0.25) is 15.8 Å². The first-order valence-corrected chi connectivity index (χ1v) is 9.92. The maximum absolute atomic E-state index is 5.41. The highest BCUT2D eigenvalue weighted by molar-refractivity contribution is 7.80. The quantitative estimate of drug-likeness (QED) is 0.390. The Balaban J connectivity index is 3.04. The van der Waals surface area contributed by atoms with Crippen LogP contribution in [-0.4, -0.2) is 62.6 Å². The van der Waals surface area contributed by atoms with Crippen molar-refractivity contribution in [2.45, 2.75) is 34.6 Å². The summed E-state index contributed by atoms with van der Waals surface area (Å²) in [6.45, 7) is 13.4. The molecule has 27 heavy (non-hydrogen) atoms. The number of nitrogens with one attached hydrogen (secondary N) is 2. The fourth-order valence-electron chi connectivity index (χ4n) is 2.32. The summed E-state index contributed by atoms with van der Waals surface area (Å²) in [6.07, 6.45) is 3.43. The number of hydrogen-bond acceptors (Lipinski definition) is 5. The van der Waals surface area contributed by atoms with Gasteiger partial charge in [0.15, 0.2) is 10.2 Å². The molecule has 0 spiro atoms. The lowest BCUT2D eigenvalue weighted by Crippen LogP contribution is -2.39. The summed E-state index contributed by atoms with van der Waals surface area (Å²) < 4.78 is 0. The van der Waals surface area contributed by atoms with Crippen LogP contribution in [0.1, 0.15) is 40.2 Å². The summed E-state index contributed by atoms with van der Waals surface area (Å²) in [5, 5.41) is 10.1. The van der Waals surface area contributed by atoms with E-state index in [1.807, 2.05) is 28.9 Å². The third-order valence-electron chi connectivity index (χ3n) is 3.98. The van der Waals surface area contributed by atoms with Crippen molar-refractivity contribution in [1.29, 1.82) is 0 Å². The molecule has 0 unspecified atom stereocenters. The molecule has 0 radical (unpaired) electrons. The van der Waals surface area contributed by atoms with E-state index in [0.717, 1.165) is 31.7 Å². The molecule has 148 valence electrons. The first-order valence-electron chi connectivity index (χ1n) is 9.10. The molecule has 0 saturated heterocycles. The number of pyridine rings is 1. The average molecular weight is 408 g/mol. The van der Waals surface area contributed by atoms with E-state index in [4.69, 9.17) is 24.4 Å². The Hall–Kier alpha value is -2.13. The molecule has 0 atom stereocenters. The van der Waals surface area contributed by atoms with Crippen molar-refractivity contribution in [3.8, 4) is 0 Å². The van der Waals surface area contributed by atoms with Crippen LogP contribution in [0.4, 0.5) is 0 Å². The molecule has 9 heteroatoms. The number of hydrogen-bond donors (Lipinski definition) is 2. The number of thiocarbonyl (C=S) groups is 2. The Labute approximate surface area is 172 Å². The molecule has 7 nitrogen and oxygen atoms in total. The van der Waals surface area contributed by atoms with Gasteiger partial charge in [0.1, 0.15) is 5.71 Å². The maximum atomic E-state index is 5.41. The summed E-state index contributed by atoms with van der Waals surface area (Å²) in [5.41, 5.74) is 8.15. The van der Waals surface area contributed by atoms with Gasteiger partial charge in [-0.1, -0.05) is 0 Å². The molecule has 0 aromatic carbocycles. The first-order chi connectivity index (χ1) is 13.0. The summed E-state index contributed by atoms with van der Waals surface area (Å²) in [6, 6.07) is 3.76. The lowest BCUT2D eigenvalue weighted by atomic mass is 10.1. The molecule has 1 rings (SSSR count). The van der Waals surface area contributed by atoms with Gasteiger partial charge in [0.2, 0.25) is 0 Å². The molecule has 0 aliphatic carbocycles. The van der Waals surface area contributed by atoms with Crippen LogP contribution in [0.2, 0.25) is 0 Å². The molecule has 0 bridgehead atoms. The topological polar surface area (TPSA) is 68.2 Å². The van der Waals surface area contributed by atoms with Crippen LogP contribution in [0.5, 0.6) is 0 Å². The average Bonchev–Trinajstić information content (AvgIpc) is 2.69. The first kappa shape index (κ1) is 22.9. The Bertz CT molecular complexity index is 666. The van der Waals surface area contributed by atoms with Crippen molar-refractivity contribution in [1.82, 2.24) is 25.6 Å². The van der Waals surface area contributed by atoms with Crippen LogP contribution in [0.25, 0.3) is 0 Å². The predicted molar refractivity (Wildman–Crippen MR) is 121 cm³/mol. The SMILES string of the molecule is CCN(CC)C(=S)NN=C(C)C(=NNC(=S)N(CC)CC)c1ccncc1. The van der Waals surface area contributed by atoms with Crippen LogP contribution in [0.3, 0.4) is 0 Å². The highest BCUT2D eigenvalue weighted by atomic mass is 32.1. The van der Waals surface area contributed by atoms with E-state index < -0.39 is 0 Å². The van der Waals surface area contributed by atoms with Crippen LogP contribution in [0.15, 0.2) is 34.7 Å². The fraction of sp³-hybridized carbons (Fsp3) is 0.500. The zero-order valence-electron chi connectivity index (χ0n) is 16.7.